The van der Waals surface area contributed by atoms with Crippen molar-refractivity contribution < 1.29 is 9.53 Å². The highest BCUT2D eigenvalue weighted by Gasteiger charge is 2.16. The number of ketones is 1. The SMILES string of the molecule is CCOc1ccc(/C=C/C(=O)c2ccc3c(c2)Nc2ccccc2S3)cc1. The lowest BCUT2D eigenvalue weighted by Crippen LogP contribution is -2.02. The molecule has 4 rings (SSSR count). The van der Waals surface area contributed by atoms with E-state index in [-0.39, 0.29) is 5.78 Å². The second-order valence-electron chi connectivity index (χ2n) is 6.13. The molecule has 4 heteroatoms. The zero-order valence-corrected chi connectivity index (χ0v) is 15.8. The van der Waals surface area contributed by atoms with Gasteiger partial charge in [0, 0.05) is 15.4 Å². The summed E-state index contributed by atoms with van der Waals surface area (Å²) in [7, 11) is 0. The first-order valence-electron chi connectivity index (χ1n) is 8.86. The number of hydrogen-bond acceptors (Lipinski definition) is 4. The van der Waals surface area contributed by atoms with Crippen LogP contribution in [0.4, 0.5) is 11.4 Å². The van der Waals surface area contributed by atoms with E-state index in [2.05, 4.69) is 11.4 Å². The fourth-order valence-electron chi connectivity index (χ4n) is 2.90. The van der Waals surface area contributed by atoms with Gasteiger partial charge in [-0.15, -0.1) is 0 Å². The molecule has 1 N–H and O–H groups in total. The van der Waals surface area contributed by atoms with Gasteiger partial charge in [-0.2, -0.15) is 0 Å². The van der Waals surface area contributed by atoms with Gasteiger partial charge in [-0.25, -0.2) is 0 Å². The van der Waals surface area contributed by atoms with Gasteiger partial charge >= 0.3 is 0 Å². The maximum Gasteiger partial charge on any atom is 0.185 e. The summed E-state index contributed by atoms with van der Waals surface area (Å²) < 4.78 is 5.43. The fourth-order valence-corrected chi connectivity index (χ4v) is 3.87. The largest absolute Gasteiger partial charge is 0.494 e. The Morgan fingerprint density at radius 1 is 1.00 bits per heavy atom. The topological polar surface area (TPSA) is 38.3 Å². The molecule has 0 amide bonds. The molecule has 0 unspecified atom stereocenters. The summed E-state index contributed by atoms with van der Waals surface area (Å²) in [5.74, 6) is 0.817. The maximum absolute atomic E-state index is 12.6. The van der Waals surface area contributed by atoms with Crippen molar-refractivity contribution in [3.05, 3.63) is 83.9 Å². The van der Waals surface area contributed by atoms with Crippen molar-refractivity contribution in [1.82, 2.24) is 0 Å². The predicted octanol–water partition coefficient (Wildman–Crippen LogP) is 6.19. The first-order valence-corrected chi connectivity index (χ1v) is 9.68. The second kappa shape index (κ2) is 7.72. The summed E-state index contributed by atoms with van der Waals surface area (Å²) in [6.07, 6.45) is 3.44. The smallest absolute Gasteiger partial charge is 0.185 e. The average Bonchev–Trinajstić information content (AvgIpc) is 2.71. The van der Waals surface area contributed by atoms with Crippen LogP contribution in [-0.4, -0.2) is 12.4 Å². The Morgan fingerprint density at radius 2 is 1.78 bits per heavy atom. The van der Waals surface area contributed by atoms with E-state index in [4.69, 9.17) is 4.74 Å². The number of fused-ring (bicyclic) bond motifs is 2. The summed E-state index contributed by atoms with van der Waals surface area (Å²) in [6, 6.07) is 21.7. The van der Waals surface area contributed by atoms with E-state index in [1.54, 1.807) is 17.8 Å². The number of carbonyl (C=O) groups is 1. The number of para-hydroxylation sites is 1. The zero-order valence-electron chi connectivity index (χ0n) is 14.9. The van der Waals surface area contributed by atoms with Crippen LogP contribution in [0.2, 0.25) is 0 Å². The van der Waals surface area contributed by atoms with Crippen LogP contribution in [0.5, 0.6) is 5.75 Å². The quantitative estimate of drug-likeness (QED) is 0.334. The molecule has 3 aromatic carbocycles. The minimum absolute atomic E-state index is 0.0163. The van der Waals surface area contributed by atoms with Gasteiger partial charge in [-0.05, 0) is 61.0 Å². The third-order valence-electron chi connectivity index (χ3n) is 4.26. The molecule has 0 saturated carbocycles. The van der Waals surface area contributed by atoms with Crippen molar-refractivity contribution in [2.24, 2.45) is 0 Å². The van der Waals surface area contributed by atoms with Crippen LogP contribution in [-0.2, 0) is 0 Å². The first-order chi connectivity index (χ1) is 13.2. The van der Waals surface area contributed by atoms with Crippen LogP contribution in [0.1, 0.15) is 22.8 Å². The molecule has 3 aromatic rings. The number of hydrogen-bond donors (Lipinski definition) is 1. The molecule has 0 bridgehead atoms. The van der Waals surface area contributed by atoms with Gasteiger partial charge in [0.1, 0.15) is 5.75 Å². The van der Waals surface area contributed by atoms with Crippen LogP contribution in [0.3, 0.4) is 0 Å². The minimum atomic E-state index is -0.0163. The molecule has 27 heavy (non-hydrogen) atoms. The van der Waals surface area contributed by atoms with E-state index >= 15 is 0 Å². The highest BCUT2D eigenvalue weighted by molar-refractivity contribution is 7.99. The zero-order chi connectivity index (χ0) is 18.6. The molecular formula is C23H19NO2S. The standard InChI is InChI=1S/C23H19NO2S/c1-2-26-18-11-7-16(8-12-18)9-13-21(25)17-10-14-23-20(15-17)24-19-5-3-4-6-22(19)27-23/h3-15,24H,2H2,1H3/b13-9+. The predicted molar refractivity (Wildman–Crippen MR) is 111 cm³/mol. The van der Waals surface area contributed by atoms with Crippen molar-refractivity contribution in [2.75, 3.05) is 11.9 Å². The molecular weight excluding hydrogens is 354 g/mol. The number of ether oxygens (including phenoxy) is 1. The van der Waals surface area contributed by atoms with Gasteiger partial charge < -0.3 is 10.1 Å². The molecule has 1 heterocycles. The molecule has 0 saturated heterocycles. The molecule has 134 valence electrons. The Kier molecular flexibility index (Phi) is 4.99. The summed E-state index contributed by atoms with van der Waals surface area (Å²) in [4.78, 5) is 14.9. The Bertz CT molecular complexity index is 1010. The lowest BCUT2D eigenvalue weighted by atomic mass is 10.1. The Hall–Kier alpha value is -2.98. The van der Waals surface area contributed by atoms with Gasteiger partial charge in [0.15, 0.2) is 5.78 Å². The van der Waals surface area contributed by atoms with Crippen molar-refractivity contribution in [3.63, 3.8) is 0 Å². The number of allylic oxidation sites excluding steroid dienone is 1. The number of rotatable bonds is 5. The molecule has 0 fully saturated rings. The number of nitrogens with one attached hydrogen (secondary N) is 1. The van der Waals surface area contributed by atoms with E-state index in [1.807, 2.05) is 73.7 Å². The molecule has 1 aliphatic heterocycles. The maximum atomic E-state index is 12.6. The Morgan fingerprint density at radius 3 is 2.59 bits per heavy atom. The van der Waals surface area contributed by atoms with Crippen molar-refractivity contribution in [3.8, 4) is 5.75 Å². The summed E-state index contributed by atoms with van der Waals surface area (Å²) >= 11 is 1.71. The molecule has 0 atom stereocenters. The lowest BCUT2D eigenvalue weighted by molar-refractivity contribution is 0.104. The van der Waals surface area contributed by atoms with Crippen LogP contribution >= 0.6 is 11.8 Å². The van der Waals surface area contributed by atoms with Gasteiger partial charge in [-0.3, -0.25) is 4.79 Å². The van der Waals surface area contributed by atoms with Gasteiger partial charge in [-0.1, -0.05) is 42.1 Å². The fraction of sp³-hybridized carbons (Fsp3) is 0.0870. The second-order valence-corrected chi connectivity index (χ2v) is 7.22. The normalized spacial score (nSPS) is 12.2. The van der Waals surface area contributed by atoms with E-state index in [9.17, 15) is 4.79 Å². The van der Waals surface area contributed by atoms with Crippen LogP contribution in [0.15, 0.2) is 82.6 Å². The molecule has 0 radical (unpaired) electrons. The Balaban J connectivity index is 1.50. The highest BCUT2D eigenvalue weighted by Crippen LogP contribution is 2.44. The van der Waals surface area contributed by atoms with Crippen LogP contribution in [0, 0.1) is 0 Å². The third kappa shape index (κ3) is 3.91. The van der Waals surface area contributed by atoms with Gasteiger partial charge in [0.2, 0.25) is 0 Å². The van der Waals surface area contributed by atoms with Gasteiger partial charge in [0.25, 0.3) is 0 Å². The number of carbonyl (C=O) groups excluding carboxylic acids is 1. The number of anilines is 2. The first kappa shape index (κ1) is 17.4. The van der Waals surface area contributed by atoms with Crippen molar-refractivity contribution in [2.45, 2.75) is 16.7 Å². The summed E-state index contributed by atoms with van der Waals surface area (Å²) in [5.41, 5.74) is 3.68. The Labute approximate surface area is 163 Å². The minimum Gasteiger partial charge on any atom is -0.494 e. The van der Waals surface area contributed by atoms with Crippen LogP contribution < -0.4 is 10.1 Å². The number of benzene rings is 3. The lowest BCUT2D eigenvalue weighted by Gasteiger charge is -2.20. The third-order valence-corrected chi connectivity index (χ3v) is 5.41. The molecule has 0 spiro atoms. The monoisotopic (exact) mass is 373 g/mol. The van der Waals surface area contributed by atoms with E-state index < -0.39 is 0 Å². The molecule has 3 nitrogen and oxygen atoms in total. The van der Waals surface area contributed by atoms with E-state index in [1.165, 1.54) is 4.90 Å². The van der Waals surface area contributed by atoms with Crippen LogP contribution in [0.25, 0.3) is 6.08 Å². The van der Waals surface area contributed by atoms with Gasteiger partial charge in [0.05, 0.1) is 18.0 Å². The highest BCUT2D eigenvalue weighted by atomic mass is 32.2. The summed E-state index contributed by atoms with van der Waals surface area (Å²) in [5, 5.41) is 3.42. The molecule has 0 aromatic heterocycles. The average molecular weight is 373 g/mol. The van der Waals surface area contributed by atoms with Crippen molar-refractivity contribution in [1.29, 1.82) is 0 Å². The summed E-state index contributed by atoms with van der Waals surface area (Å²) in [6.45, 7) is 2.60. The molecule has 0 aliphatic carbocycles. The van der Waals surface area contributed by atoms with Crippen molar-refractivity contribution >= 4 is 35.0 Å². The van der Waals surface area contributed by atoms with E-state index in [0.717, 1.165) is 27.6 Å². The van der Waals surface area contributed by atoms with E-state index in [0.29, 0.717) is 12.2 Å². The molecule has 1 aliphatic rings.